The van der Waals surface area contributed by atoms with Crippen LogP contribution in [0.25, 0.3) is 0 Å². The minimum Gasteiger partial charge on any atom is -0.328 e. The largest absolute Gasteiger partial charge is 0.328 e. The summed E-state index contributed by atoms with van der Waals surface area (Å²) in [4.78, 5) is 5.84. The summed E-state index contributed by atoms with van der Waals surface area (Å²) in [5.41, 5.74) is 1.10. The first-order valence-electron chi connectivity index (χ1n) is 5.85. The Balaban J connectivity index is 2.53. The quantitative estimate of drug-likeness (QED) is 0.265. The molecule has 0 unspecified atom stereocenters. The molecule has 106 valence electrons. The summed E-state index contributed by atoms with van der Waals surface area (Å²) >= 11 is 10.1. The standard InChI is InChI=1S/C13H15N3S4/c1-3-16(11-7-5-4-6-8-11)13(17)20-10-19-12(18-2)15-9-14/h4-8H,3,10H2,1-2H3. The Bertz CT molecular complexity index is 496. The van der Waals surface area contributed by atoms with Crippen LogP contribution >= 0.6 is 47.5 Å². The molecule has 0 fully saturated rings. The van der Waals surface area contributed by atoms with Crippen molar-refractivity contribution < 1.29 is 0 Å². The van der Waals surface area contributed by atoms with Gasteiger partial charge in [-0.05, 0) is 25.3 Å². The Kier molecular flexibility index (Phi) is 8.78. The van der Waals surface area contributed by atoms with Gasteiger partial charge in [-0.25, -0.2) is 0 Å². The summed E-state index contributed by atoms with van der Waals surface area (Å²) in [7, 11) is 0. The van der Waals surface area contributed by atoms with Crippen molar-refractivity contribution in [2.45, 2.75) is 6.92 Å². The molecule has 0 N–H and O–H groups in total. The van der Waals surface area contributed by atoms with Gasteiger partial charge < -0.3 is 4.90 Å². The third-order valence-corrected chi connectivity index (χ3v) is 5.90. The highest BCUT2D eigenvalue weighted by Crippen LogP contribution is 2.24. The molecule has 0 spiro atoms. The minimum absolute atomic E-state index is 0.753. The van der Waals surface area contributed by atoms with Gasteiger partial charge in [0.15, 0.2) is 0 Å². The highest BCUT2D eigenvalue weighted by molar-refractivity contribution is 8.43. The van der Waals surface area contributed by atoms with Crippen molar-refractivity contribution >= 4 is 61.9 Å². The van der Waals surface area contributed by atoms with Crippen LogP contribution in [-0.2, 0) is 0 Å². The van der Waals surface area contributed by atoms with Gasteiger partial charge in [0.05, 0.1) is 5.08 Å². The number of hydrogen-bond acceptors (Lipinski definition) is 6. The number of aliphatic imine (C=N–C) groups is 1. The van der Waals surface area contributed by atoms with Crippen molar-refractivity contribution in [2.24, 2.45) is 4.99 Å². The molecule has 20 heavy (non-hydrogen) atoms. The van der Waals surface area contributed by atoms with Crippen molar-refractivity contribution in [1.29, 1.82) is 5.26 Å². The van der Waals surface area contributed by atoms with Crippen molar-refractivity contribution in [3.63, 3.8) is 0 Å². The fourth-order valence-corrected chi connectivity index (χ4v) is 4.65. The van der Waals surface area contributed by atoms with E-state index in [1.807, 2.05) is 42.8 Å². The zero-order valence-corrected chi connectivity index (χ0v) is 14.5. The molecule has 7 heteroatoms. The first-order chi connectivity index (χ1) is 9.72. The molecule has 1 aromatic carbocycles. The van der Waals surface area contributed by atoms with Crippen LogP contribution < -0.4 is 4.90 Å². The number of nitrogens with zero attached hydrogens (tertiary/aromatic N) is 3. The van der Waals surface area contributed by atoms with Crippen molar-refractivity contribution in [3.05, 3.63) is 30.3 Å². The molecule has 0 saturated carbocycles. The van der Waals surface area contributed by atoms with E-state index in [2.05, 4.69) is 16.8 Å². The maximum Gasteiger partial charge on any atom is 0.207 e. The van der Waals surface area contributed by atoms with Crippen molar-refractivity contribution in [3.8, 4) is 6.19 Å². The Hall–Kier alpha value is -0.680. The summed E-state index contributed by atoms with van der Waals surface area (Å²) in [5, 5.41) is 9.30. The molecule has 0 aliphatic rings. The molecule has 0 saturated heterocycles. The van der Waals surface area contributed by atoms with Crippen LogP contribution in [0.4, 0.5) is 5.69 Å². The van der Waals surface area contributed by atoms with Gasteiger partial charge in [0.25, 0.3) is 0 Å². The Morgan fingerprint density at radius 2 is 2.05 bits per heavy atom. The van der Waals surface area contributed by atoms with Gasteiger partial charge in [0.2, 0.25) is 6.19 Å². The van der Waals surface area contributed by atoms with Gasteiger partial charge in [-0.15, -0.1) is 11.8 Å². The van der Waals surface area contributed by atoms with Gasteiger partial charge >= 0.3 is 0 Å². The molecule has 3 nitrogen and oxygen atoms in total. The summed E-state index contributed by atoms with van der Waals surface area (Å²) in [6, 6.07) is 10.1. The predicted molar refractivity (Wildman–Crippen MR) is 98.7 cm³/mol. The lowest BCUT2D eigenvalue weighted by Gasteiger charge is -2.22. The lowest BCUT2D eigenvalue weighted by molar-refractivity contribution is 1.08. The smallest absolute Gasteiger partial charge is 0.207 e. The SMILES string of the molecule is CCN(C(=S)SCSC(=NC#N)SC)c1ccccc1. The number of rotatable bonds is 4. The summed E-state index contributed by atoms with van der Waals surface area (Å²) in [6.07, 6.45) is 3.72. The van der Waals surface area contributed by atoms with Gasteiger partial charge in [-0.1, -0.05) is 53.9 Å². The van der Waals surface area contributed by atoms with E-state index in [4.69, 9.17) is 17.5 Å². The zero-order chi connectivity index (χ0) is 14.8. The average molecular weight is 342 g/mol. The molecular formula is C13H15N3S4. The normalized spacial score (nSPS) is 10.9. The second-order valence-electron chi connectivity index (χ2n) is 3.43. The van der Waals surface area contributed by atoms with E-state index in [9.17, 15) is 0 Å². The zero-order valence-electron chi connectivity index (χ0n) is 11.3. The second kappa shape index (κ2) is 10.1. The summed E-state index contributed by atoms with van der Waals surface area (Å²) in [6.45, 7) is 2.92. The van der Waals surface area contributed by atoms with E-state index in [-0.39, 0.29) is 0 Å². The highest BCUT2D eigenvalue weighted by atomic mass is 32.2. The number of benzene rings is 1. The van der Waals surface area contributed by atoms with Crippen LogP contribution in [0.3, 0.4) is 0 Å². The number of thioether (sulfide) groups is 3. The first kappa shape index (κ1) is 17.4. The van der Waals surface area contributed by atoms with Crippen LogP contribution in [0.2, 0.25) is 0 Å². The molecule has 0 heterocycles. The van der Waals surface area contributed by atoms with E-state index in [0.717, 1.165) is 26.0 Å². The first-order valence-corrected chi connectivity index (χ1v) is 9.46. The van der Waals surface area contributed by atoms with Gasteiger partial charge in [-0.2, -0.15) is 10.3 Å². The monoisotopic (exact) mass is 341 g/mol. The van der Waals surface area contributed by atoms with Crippen molar-refractivity contribution in [1.82, 2.24) is 0 Å². The molecule has 0 amide bonds. The average Bonchev–Trinajstić information content (AvgIpc) is 2.48. The second-order valence-corrected chi connectivity index (χ2v) is 7.43. The molecule has 0 radical (unpaired) electrons. The van der Waals surface area contributed by atoms with Gasteiger partial charge in [0.1, 0.15) is 8.70 Å². The topological polar surface area (TPSA) is 39.4 Å². The van der Waals surface area contributed by atoms with Crippen LogP contribution in [0.15, 0.2) is 35.3 Å². The lowest BCUT2D eigenvalue weighted by Crippen LogP contribution is -2.26. The lowest BCUT2D eigenvalue weighted by atomic mass is 10.3. The number of hydrogen-bond donors (Lipinski definition) is 0. The Morgan fingerprint density at radius 1 is 1.35 bits per heavy atom. The Labute approximate surface area is 138 Å². The fourth-order valence-electron chi connectivity index (χ4n) is 1.41. The highest BCUT2D eigenvalue weighted by Gasteiger charge is 2.10. The number of anilines is 1. The molecule has 0 aromatic heterocycles. The van der Waals surface area contributed by atoms with Gasteiger partial charge in [0, 0.05) is 12.2 Å². The van der Waals surface area contributed by atoms with Crippen LogP contribution in [-0.4, -0.2) is 26.6 Å². The van der Waals surface area contributed by atoms with E-state index in [1.165, 1.54) is 23.5 Å². The molecule has 0 bridgehead atoms. The Morgan fingerprint density at radius 3 is 2.60 bits per heavy atom. The van der Waals surface area contributed by atoms with Crippen LogP contribution in [0, 0.1) is 11.5 Å². The van der Waals surface area contributed by atoms with E-state index < -0.39 is 0 Å². The minimum atomic E-state index is 0.753. The summed E-state index contributed by atoms with van der Waals surface area (Å²) in [5.74, 6) is 0. The van der Waals surface area contributed by atoms with E-state index >= 15 is 0 Å². The maximum absolute atomic E-state index is 8.55. The molecular weight excluding hydrogens is 326 g/mol. The van der Waals surface area contributed by atoms with E-state index in [0.29, 0.717) is 0 Å². The number of thiocarbonyl (C=S) groups is 1. The number of nitriles is 1. The molecule has 1 rings (SSSR count). The molecule has 0 aliphatic carbocycles. The van der Waals surface area contributed by atoms with Crippen LogP contribution in [0.1, 0.15) is 6.92 Å². The number of para-hydroxylation sites is 1. The summed E-state index contributed by atoms with van der Waals surface area (Å²) < 4.78 is 1.61. The maximum atomic E-state index is 8.55. The third kappa shape index (κ3) is 5.75. The third-order valence-electron chi connectivity index (χ3n) is 2.29. The van der Waals surface area contributed by atoms with Gasteiger partial charge in [-0.3, -0.25) is 0 Å². The fraction of sp³-hybridized carbons (Fsp3) is 0.308. The molecule has 1 aromatic rings. The van der Waals surface area contributed by atoms with Crippen LogP contribution in [0.5, 0.6) is 0 Å². The molecule has 0 aliphatic heterocycles. The predicted octanol–water partition coefficient (Wildman–Crippen LogP) is 4.42. The van der Waals surface area contributed by atoms with Crippen molar-refractivity contribution in [2.75, 3.05) is 22.8 Å². The molecule has 0 atom stereocenters. The van der Waals surface area contributed by atoms with E-state index in [1.54, 1.807) is 11.8 Å².